The van der Waals surface area contributed by atoms with Gasteiger partial charge in [0, 0.05) is 25.2 Å². The van der Waals surface area contributed by atoms with Crippen molar-refractivity contribution >= 4 is 11.6 Å². The number of hydrogen-bond acceptors (Lipinski definition) is 3. The number of hydrogen-bond donors (Lipinski definition) is 1. The molecule has 19 heavy (non-hydrogen) atoms. The van der Waals surface area contributed by atoms with Gasteiger partial charge in [-0.05, 0) is 18.1 Å². The second kappa shape index (κ2) is 5.21. The molecule has 2 aliphatic rings. The summed E-state index contributed by atoms with van der Waals surface area (Å²) in [6.07, 6.45) is 1.95. The molecule has 2 aliphatic heterocycles. The predicted octanol–water partition coefficient (Wildman–Crippen LogP) is 1.66. The summed E-state index contributed by atoms with van der Waals surface area (Å²) in [6.45, 7) is 4.19. The van der Waals surface area contributed by atoms with Crippen molar-refractivity contribution in [3.05, 3.63) is 29.8 Å². The standard InChI is InChI=1S/C15H20N2O2/c1-2-12-10-17(7-8-19-12)15(18)14-9-11-5-3-4-6-13(11)16-14/h3-6,12,14,16H,2,7-10H2,1H3/t12?,14-/m0/s1. The summed E-state index contributed by atoms with van der Waals surface area (Å²) in [4.78, 5) is 14.5. The van der Waals surface area contributed by atoms with Crippen molar-refractivity contribution in [2.75, 3.05) is 25.0 Å². The first-order valence-electron chi connectivity index (χ1n) is 7.02. The van der Waals surface area contributed by atoms with Crippen LogP contribution in [-0.2, 0) is 16.0 Å². The smallest absolute Gasteiger partial charge is 0.245 e. The molecule has 1 fully saturated rings. The van der Waals surface area contributed by atoms with Crippen LogP contribution in [-0.4, -0.2) is 42.6 Å². The van der Waals surface area contributed by atoms with Crippen LogP contribution in [0.15, 0.2) is 24.3 Å². The molecule has 4 nitrogen and oxygen atoms in total. The number of amides is 1. The molecule has 1 unspecified atom stereocenters. The SMILES string of the molecule is CCC1CN(C(=O)[C@@H]2Cc3ccccc3N2)CCO1. The molecule has 1 amide bonds. The molecule has 4 heteroatoms. The van der Waals surface area contributed by atoms with Crippen LogP contribution < -0.4 is 5.32 Å². The van der Waals surface area contributed by atoms with Gasteiger partial charge in [0.15, 0.2) is 0 Å². The summed E-state index contributed by atoms with van der Waals surface area (Å²) in [5.41, 5.74) is 2.34. The highest BCUT2D eigenvalue weighted by Crippen LogP contribution is 2.26. The minimum atomic E-state index is -0.104. The van der Waals surface area contributed by atoms with Crippen LogP contribution in [0, 0.1) is 0 Å². The van der Waals surface area contributed by atoms with Gasteiger partial charge >= 0.3 is 0 Å². The summed E-state index contributed by atoms with van der Waals surface area (Å²) in [7, 11) is 0. The van der Waals surface area contributed by atoms with Gasteiger partial charge in [0.2, 0.25) is 5.91 Å². The number of rotatable bonds is 2. The van der Waals surface area contributed by atoms with Gasteiger partial charge in [0.1, 0.15) is 6.04 Å². The lowest BCUT2D eigenvalue weighted by atomic mass is 10.1. The lowest BCUT2D eigenvalue weighted by molar-refractivity contribution is -0.139. The minimum absolute atomic E-state index is 0.104. The molecule has 102 valence electrons. The summed E-state index contributed by atoms with van der Waals surface area (Å²) < 4.78 is 5.62. The van der Waals surface area contributed by atoms with Gasteiger partial charge in [-0.1, -0.05) is 25.1 Å². The highest BCUT2D eigenvalue weighted by molar-refractivity contribution is 5.87. The number of carbonyl (C=O) groups excluding carboxylic acids is 1. The van der Waals surface area contributed by atoms with Gasteiger partial charge in [0.05, 0.1) is 12.7 Å². The van der Waals surface area contributed by atoms with E-state index >= 15 is 0 Å². The zero-order valence-electron chi connectivity index (χ0n) is 11.3. The number of carbonyl (C=O) groups is 1. The maximum atomic E-state index is 12.5. The Morgan fingerprint density at radius 3 is 3.11 bits per heavy atom. The average molecular weight is 260 g/mol. The molecule has 2 heterocycles. The van der Waals surface area contributed by atoms with Gasteiger partial charge in [-0.25, -0.2) is 0 Å². The fourth-order valence-electron chi connectivity index (χ4n) is 2.83. The summed E-state index contributed by atoms with van der Waals surface area (Å²) in [5.74, 6) is 0.206. The predicted molar refractivity (Wildman–Crippen MR) is 74.2 cm³/mol. The van der Waals surface area contributed by atoms with E-state index in [1.807, 2.05) is 23.1 Å². The fraction of sp³-hybridized carbons (Fsp3) is 0.533. The van der Waals surface area contributed by atoms with E-state index in [1.54, 1.807) is 0 Å². The number of para-hydroxylation sites is 1. The number of nitrogens with one attached hydrogen (secondary N) is 1. The molecular weight excluding hydrogens is 240 g/mol. The second-order valence-corrected chi connectivity index (χ2v) is 5.24. The Morgan fingerprint density at radius 1 is 1.47 bits per heavy atom. The quantitative estimate of drug-likeness (QED) is 0.879. The van der Waals surface area contributed by atoms with Gasteiger partial charge < -0.3 is 15.0 Å². The van der Waals surface area contributed by atoms with Crippen molar-refractivity contribution < 1.29 is 9.53 Å². The maximum absolute atomic E-state index is 12.5. The Hall–Kier alpha value is -1.55. The van der Waals surface area contributed by atoms with Crippen molar-refractivity contribution in [1.29, 1.82) is 0 Å². The zero-order chi connectivity index (χ0) is 13.2. The number of anilines is 1. The molecular formula is C15H20N2O2. The molecule has 0 bridgehead atoms. The van der Waals surface area contributed by atoms with Gasteiger partial charge in [-0.15, -0.1) is 0 Å². The molecule has 0 aromatic heterocycles. The third-order valence-electron chi connectivity index (χ3n) is 3.98. The molecule has 0 saturated carbocycles. The van der Waals surface area contributed by atoms with Crippen LogP contribution in [0.4, 0.5) is 5.69 Å². The Kier molecular flexibility index (Phi) is 3.42. The molecule has 1 N–H and O–H groups in total. The van der Waals surface area contributed by atoms with Crippen molar-refractivity contribution in [3.63, 3.8) is 0 Å². The number of morpholine rings is 1. The first kappa shape index (κ1) is 12.5. The average Bonchev–Trinajstić information content (AvgIpc) is 2.90. The zero-order valence-corrected chi connectivity index (χ0v) is 11.3. The van der Waals surface area contributed by atoms with Crippen LogP contribution in [0.5, 0.6) is 0 Å². The third kappa shape index (κ3) is 2.45. The molecule has 1 aromatic rings. The van der Waals surface area contributed by atoms with Crippen LogP contribution >= 0.6 is 0 Å². The maximum Gasteiger partial charge on any atom is 0.245 e. The summed E-state index contributed by atoms with van der Waals surface area (Å²) in [5, 5.41) is 3.33. The minimum Gasteiger partial charge on any atom is -0.375 e. The highest BCUT2D eigenvalue weighted by Gasteiger charge is 2.32. The van der Waals surface area contributed by atoms with E-state index in [1.165, 1.54) is 5.56 Å². The van der Waals surface area contributed by atoms with Crippen molar-refractivity contribution in [3.8, 4) is 0 Å². The van der Waals surface area contributed by atoms with Crippen LogP contribution in [0.1, 0.15) is 18.9 Å². The Labute approximate surface area is 113 Å². The lowest BCUT2D eigenvalue weighted by Gasteiger charge is -2.34. The van der Waals surface area contributed by atoms with E-state index in [4.69, 9.17) is 4.74 Å². The number of benzene rings is 1. The van der Waals surface area contributed by atoms with Gasteiger partial charge in [-0.3, -0.25) is 4.79 Å². The summed E-state index contributed by atoms with van der Waals surface area (Å²) >= 11 is 0. The topological polar surface area (TPSA) is 41.6 Å². The van der Waals surface area contributed by atoms with E-state index in [-0.39, 0.29) is 18.1 Å². The van der Waals surface area contributed by atoms with E-state index < -0.39 is 0 Å². The monoisotopic (exact) mass is 260 g/mol. The molecule has 0 spiro atoms. The number of fused-ring (bicyclic) bond motifs is 1. The molecule has 3 rings (SSSR count). The van der Waals surface area contributed by atoms with Crippen LogP contribution in [0.25, 0.3) is 0 Å². The molecule has 1 saturated heterocycles. The first-order valence-corrected chi connectivity index (χ1v) is 7.02. The second-order valence-electron chi connectivity index (χ2n) is 5.24. The van der Waals surface area contributed by atoms with Gasteiger partial charge in [-0.2, -0.15) is 0 Å². The van der Waals surface area contributed by atoms with Crippen molar-refractivity contribution in [2.45, 2.75) is 31.9 Å². The fourth-order valence-corrected chi connectivity index (χ4v) is 2.83. The number of nitrogens with zero attached hydrogens (tertiary/aromatic N) is 1. The van der Waals surface area contributed by atoms with E-state index in [9.17, 15) is 4.79 Å². The van der Waals surface area contributed by atoms with Crippen molar-refractivity contribution in [1.82, 2.24) is 4.90 Å². The van der Waals surface area contributed by atoms with Gasteiger partial charge in [0.25, 0.3) is 0 Å². The Balaban J connectivity index is 1.66. The molecule has 0 aliphatic carbocycles. The van der Waals surface area contributed by atoms with Crippen LogP contribution in [0.3, 0.4) is 0 Å². The Bertz CT molecular complexity index is 450. The number of ether oxygens (including phenoxy) is 1. The van der Waals surface area contributed by atoms with E-state index in [2.05, 4.69) is 18.3 Å². The highest BCUT2D eigenvalue weighted by atomic mass is 16.5. The molecule has 0 radical (unpaired) electrons. The van der Waals surface area contributed by atoms with E-state index in [0.717, 1.165) is 25.1 Å². The lowest BCUT2D eigenvalue weighted by Crippen LogP contribution is -2.50. The third-order valence-corrected chi connectivity index (χ3v) is 3.98. The van der Waals surface area contributed by atoms with E-state index in [0.29, 0.717) is 13.2 Å². The summed E-state index contributed by atoms with van der Waals surface area (Å²) in [6, 6.07) is 8.05. The Morgan fingerprint density at radius 2 is 2.32 bits per heavy atom. The largest absolute Gasteiger partial charge is 0.375 e. The normalized spacial score (nSPS) is 25.8. The first-order chi connectivity index (χ1) is 9.28. The van der Waals surface area contributed by atoms with Crippen LogP contribution in [0.2, 0.25) is 0 Å². The van der Waals surface area contributed by atoms with Crippen molar-refractivity contribution in [2.24, 2.45) is 0 Å². The molecule has 1 aromatic carbocycles. The molecule has 2 atom stereocenters.